The maximum absolute atomic E-state index is 14.2. The number of methoxy groups -OCH3 is 1. The molecule has 0 aromatic heterocycles. The summed E-state index contributed by atoms with van der Waals surface area (Å²) in [6.07, 6.45) is 1.30. The number of carbonyl (C=O) groups is 3. The molecule has 0 spiro atoms. The van der Waals surface area contributed by atoms with E-state index in [1.165, 1.54) is 31.4 Å². The van der Waals surface area contributed by atoms with Crippen molar-refractivity contribution < 1.29 is 28.2 Å². The summed E-state index contributed by atoms with van der Waals surface area (Å²) in [6, 6.07) is 16.8. The maximum Gasteiger partial charge on any atom is 0.336 e. The highest BCUT2D eigenvalue weighted by Crippen LogP contribution is 2.31. The Labute approximate surface area is 202 Å². The molecule has 0 saturated carbocycles. The number of amides is 4. The zero-order chi connectivity index (χ0) is 24.2. The molecule has 1 heterocycles. The van der Waals surface area contributed by atoms with E-state index in [4.69, 9.17) is 9.47 Å². The zero-order valence-corrected chi connectivity index (χ0v) is 19.5. The fraction of sp³-hybridized carbons (Fsp3) is 0.0800. The molecule has 7 nitrogen and oxygen atoms in total. The standard InChI is InChI=1S/C25H18BrFN2O5/c1-33-22-13-16(8-11-21(22)34-14-15-6-9-17(26)10-7-15)12-18-23(30)28-25(32)29(24(18)31)20-5-3-2-4-19(20)27/h2-13H,14H2,1H3,(H,28,30,32)/b18-12-. The largest absolute Gasteiger partial charge is 0.493 e. The molecule has 1 N–H and O–H groups in total. The normalized spacial score (nSPS) is 14.9. The third-order valence-corrected chi connectivity index (χ3v) is 5.53. The molecular weight excluding hydrogens is 507 g/mol. The molecule has 172 valence electrons. The molecule has 1 aliphatic heterocycles. The van der Waals surface area contributed by atoms with Gasteiger partial charge in [0, 0.05) is 4.47 Å². The van der Waals surface area contributed by atoms with Crippen molar-refractivity contribution in [1.29, 1.82) is 0 Å². The van der Waals surface area contributed by atoms with Gasteiger partial charge in [-0.05, 0) is 53.6 Å². The van der Waals surface area contributed by atoms with Crippen LogP contribution in [0.2, 0.25) is 0 Å². The van der Waals surface area contributed by atoms with Gasteiger partial charge in [0.1, 0.15) is 18.0 Å². The number of carbonyl (C=O) groups excluding carboxylic acids is 3. The van der Waals surface area contributed by atoms with Crippen molar-refractivity contribution in [2.24, 2.45) is 0 Å². The molecule has 9 heteroatoms. The van der Waals surface area contributed by atoms with Crippen LogP contribution in [0.1, 0.15) is 11.1 Å². The number of rotatable bonds is 6. The van der Waals surface area contributed by atoms with Crippen molar-refractivity contribution in [3.05, 3.63) is 93.7 Å². The number of hydrogen-bond acceptors (Lipinski definition) is 5. The summed E-state index contributed by atoms with van der Waals surface area (Å²) < 4.78 is 26.4. The lowest BCUT2D eigenvalue weighted by atomic mass is 10.1. The van der Waals surface area contributed by atoms with Crippen molar-refractivity contribution in [3.63, 3.8) is 0 Å². The van der Waals surface area contributed by atoms with Crippen LogP contribution in [0.4, 0.5) is 14.9 Å². The number of urea groups is 1. The van der Waals surface area contributed by atoms with E-state index in [9.17, 15) is 18.8 Å². The van der Waals surface area contributed by atoms with E-state index < -0.39 is 23.7 Å². The Balaban J connectivity index is 1.60. The summed E-state index contributed by atoms with van der Waals surface area (Å²) in [4.78, 5) is 38.2. The topological polar surface area (TPSA) is 84.9 Å². The lowest BCUT2D eigenvalue weighted by Crippen LogP contribution is -2.54. The van der Waals surface area contributed by atoms with Crippen molar-refractivity contribution in [2.75, 3.05) is 12.0 Å². The predicted molar refractivity (Wildman–Crippen MR) is 127 cm³/mol. The van der Waals surface area contributed by atoms with E-state index in [0.29, 0.717) is 28.6 Å². The van der Waals surface area contributed by atoms with E-state index in [-0.39, 0.29) is 11.3 Å². The summed E-state index contributed by atoms with van der Waals surface area (Å²) in [7, 11) is 1.47. The van der Waals surface area contributed by atoms with E-state index in [0.717, 1.165) is 16.1 Å². The van der Waals surface area contributed by atoms with Gasteiger partial charge in [0.2, 0.25) is 0 Å². The Morgan fingerprint density at radius 1 is 1.00 bits per heavy atom. The average molecular weight is 525 g/mol. The molecule has 1 fully saturated rings. The van der Waals surface area contributed by atoms with Gasteiger partial charge >= 0.3 is 6.03 Å². The number of anilines is 1. The Hall–Kier alpha value is -3.98. The van der Waals surface area contributed by atoms with Crippen LogP contribution in [0.3, 0.4) is 0 Å². The third-order valence-electron chi connectivity index (χ3n) is 5.00. The van der Waals surface area contributed by atoms with Crippen LogP contribution < -0.4 is 19.7 Å². The Morgan fingerprint density at radius 2 is 1.74 bits per heavy atom. The van der Waals surface area contributed by atoms with Gasteiger partial charge in [0.15, 0.2) is 11.5 Å². The van der Waals surface area contributed by atoms with E-state index >= 15 is 0 Å². The Morgan fingerprint density at radius 3 is 2.44 bits per heavy atom. The zero-order valence-electron chi connectivity index (χ0n) is 17.9. The molecule has 1 aliphatic rings. The molecule has 1 saturated heterocycles. The van der Waals surface area contributed by atoms with E-state index in [1.54, 1.807) is 18.2 Å². The molecular formula is C25H18BrFN2O5. The number of halogens is 2. The van der Waals surface area contributed by atoms with Gasteiger partial charge in [-0.3, -0.25) is 14.9 Å². The number of imide groups is 2. The number of ether oxygens (including phenoxy) is 2. The van der Waals surface area contributed by atoms with Gasteiger partial charge in [0.25, 0.3) is 11.8 Å². The summed E-state index contributed by atoms with van der Waals surface area (Å²) in [5, 5.41) is 2.07. The van der Waals surface area contributed by atoms with Gasteiger partial charge in [-0.2, -0.15) is 0 Å². The first kappa shape index (κ1) is 23.2. The molecule has 0 bridgehead atoms. The van der Waals surface area contributed by atoms with Gasteiger partial charge in [-0.25, -0.2) is 14.1 Å². The van der Waals surface area contributed by atoms with Gasteiger partial charge in [-0.1, -0.05) is 46.3 Å². The average Bonchev–Trinajstić information content (AvgIpc) is 2.83. The number of nitrogens with zero attached hydrogens (tertiary/aromatic N) is 1. The first-order chi connectivity index (χ1) is 16.4. The maximum atomic E-state index is 14.2. The van der Waals surface area contributed by atoms with Crippen LogP contribution in [0.25, 0.3) is 6.08 Å². The van der Waals surface area contributed by atoms with Crippen LogP contribution >= 0.6 is 15.9 Å². The molecule has 4 amide bonds. The lowest BCUT2D eigenvalue weighted by molar-refractivity contribution is -0.122. The van der Waals surface area contributed by atoms with Crippen LogP contribution in [-0.4, -0.2) is 25.0 Å². The molecule has 0 aliphatic carbocycles. The third kappa shape index (κ3) is 4.84. The second-order valence-corrected chi connectivity index (χ2v) is 8.15. The smallest absolute Gasteiger partial charge is 0.336 e. The van der Waals surface area contributed by atoms with Crippen LogP contribution in [-0.2, 0) is 16.2 Å². The fourth-order valence-corrected chi connectivity index (χ4v) is 3.58. The second-order valence-electron chi connectivity index (χ2n) is 7.23. The first-order valence-electron chi connectivity index (χ1n) is 10.1. The Bertz CT molecular complexity index is 1310. The van der Waals surface area contributed by atoms with E-state index in [1.807, 2.05) is 24.3 Å². The van der Waals surface area contributed by atoms with Crippen LogP contribution in [0.5, 0.6) is 11.5 Å². The predicted octanol–water partition coefficient (Wildman–Crippen LogP) is 4.84. The highest BCUT2D eigenvalue weighted by atomic mass is 79.9. The monoisotopic (exact) mass is 524 g/mol. The molecule has 0 radical (unpaired) electrons. The summed E-state index contributed by atoms with van der Waals surface area (Å²) in [5.41, 5.74) is 0.833. The molecule has 3 aromatic carbocycles. The van der Waals surface area contributed by atoms with Crippen LogP contribution in [0, 0.1) is 5.82 Å². The number of para-hydroxylation sites is 1. The second kappa shape index (κ2) is 9.88. The quantitative estimate of drug-likeness (QED) is 0.368. The van der Waals surface area contributed by atoms with Crippen molar-refractivity contribution in [1.82, 2.24) is 5.32 Å². The number of hydrogen-bond donors (Lipinski definition) is 1. The molecule has 0 atom stereocenters. The van der Waals surface area contributed by atoms with Crippen molar-refractivity contribution in [2.45, 2.75) is 6.61 Å². The summed E-state index contributed by atoms with van der Waals surface area (Å²) >= 11 is 3.39. The highest BCUT2D eigenvalue weighted by Gasteiger charge is 2.37. The SMILES string of the molecule is COc1cc(/C=C2/C(=O)NC(=O)N(c3ccccc3F)C2=O)ccc1OCc1ccc(Br)cc1. The van der Waals surface area contributed by atoms with Crippen molar-refractivity contribution >= 4 is 45.5 Å². The van der Waals surface area contributed by atoms with Crippen molar-refractivity contribution in [3.8, 4) is 11.5 Å². The summed E-state index contributed by atoms with van der Waals surface area (Å²) in [5.74, 6) is -1.73. The first-order valence-corrected chi connectivity index (χ1v) is 10.9. The fourth-order valence-electron chi connectivity index (χ4n) is 3.31. The Kier molecular flexibility index (Phi) is 6.74. The van der Waals surface area contributed by atoms with Crippen LogP contribution in [0.15, 0.2) is 76.8 Å². The highest BCUT2D eigenvalue weighted by molar-refractivity contribution is 9.10. The minimum Gasteiger partial charge on any atom is -0.493 e. The molecule has 0 unspecified atom stereocenters. The number of benzene rings is 3. The number of barbiturate groups is 1. The van der Waals surface area contributed by atoms with Gasteiger partial charge in [-0.15, -0.1) is 0 Å². The summed E-state index contributed by atoms with van der Waals surface area (Å²) in [6.45, 7) is 0.310. The van der Waals surface area contributed by atoms with E-state index in [2.05, 4.69) is 21.2 Å². The minimum atomic E-state index is -1.02. The van der Waals surface area contributed by atoms with Gasteiger partial charge < -0.3 is 9.47 Å². The molecule has 34 heavy (non-hydrogen) atoms. The molecule has 3 aromatic rings. The van der Waals surface area contributed by atoms with Gasteiger partial charge in [0.05, 0.1) is 12.8 Å². The number of nitrogens with one attached hydrogen (secondary N) is 1. The minimum absolute atomic E-state index is 0.252. The molecule has 4 rings (SSSR count). The lowest BCUT2D eigenvalue weighted by Gasteiger charge is -2.26.